The van der Waals surface area contributed by atoms with Gasteiger partial charge in [0, 0.05) is 16.3 Å². The van der Waals surface area contributed by atoms with Gasteiger partial charge in [0.25, 0.3) is 0 Å². The van der Waals surface area contributed by atoms with Gasteiger partial charge in [-0.1, -0.05) is 13.3 Å². The molecule has 0 aliphatic rings. The highest BCUT2D eigenvalue weighted by Crippen LogP contribution is 2.36. The summed E-state index contributed by atoms with van der Waals surface area (Å²) >= 11 is 8.47. The lowest BCUT2D eigenvalue weighted by Crippen LogP contribution is -1.95. The number of benzene rings is 1. The van der Waals surface area contributed by atoms with Gasteiger partial charge in [0.1, 0.15) is 5.75 Å². The van der Waals surface area contributed by atoms with Gasteiger partial charge in [-0.05, 0) is 58.7 Å². The lowest BCUT2D eigenvalue weighted by Gasteiger charge is -2.05. The minimum Gasteiger partial charge on any atom is -0.494 e. The summed E-state index contributed by atoms with van der Waals surface area (Å²) in [6.07, 6.45) is 2.22. The molecule has 0 radical (unpaired) electrons. The van der Waals surface area contributed by atoms with Crippen LogP contribution in [0.4, 0.5) is 0 Å². The van der Waals surface area contributed by atoms with Gasteiger partial charge in [-0.25, -0.2) is 9.97 Å². The molecule has 0 atom stereocenters. The summed E-state index contributed by atoms with van der Waals surface area (Å²) in [5.74, 6) is 0.911. The molecular formula is C20H17BrN2OS3. The van der Waals surface area contributed by atoms with E-state index in [4.69, 9.17) is 14.7 Å². The van der Waals surface area contributed by atoms with Crippen LogP contribution in [0, 0.1) is 0 Å². The number of hydrogen-bond acceptors (Lipinski definition) is 6. The number of unbranched alkanes of at least 4 members (excludes halogenated alkanes) is 1. The first-order valence-corrected chi connectivity index (χ1v) is 12.0. The monoisotopic (exact) mass is 476 g/mol. The van der Waals surface area contributed by atoms with Crippen molar-refractivity contribution in [3.8, 4) is 37.6 Å². The Bertz CT molecular complexity index is 1020. The molecule has 0 saturated carbocycles. The lowest BCUT2D eigenvalue weighted by atomic mass is 10.2. The smallest absolute Gasteiger partial charge is 0.152 e. The van der Waals surface area contributed by atoms with Crippen molar-refractivity contribution in [1.82, 2.24) is 9.97 Å². The third-order valence-corrected chi connectivity index (χ3v) is 7.41. The Labute approximate surface area is 178 Å². The van der Waals surface area contributed by atoms with E-state index in [0.717, 1.165) is 56.0 Å². The van der Waals surface area contributed by atoms with Crippen LogP contribution in [-0.2, 0) is 0 Å². The van der Waals surface area contributed by atoms with Crippen molar-refractivity contribution >= 4 is 49.9 Å². The highest BCUT2D eigenvalue weighted by molar-refractivity contribution is 9.11. The van der Waals surface area contributed by atoms with E-state index in [9.17, 15) is 0 Å². The summed E-state index contributed by atoms with van der Waals surface area (Å²) in [4.78, 5) is 10.7. The van der Waals surface area contributed by atoms with E-state index in [1.165, 1.54) is 4.88 Å². The third-order valence-electron chi connectivity index (χ3n) is 3.93. The van der Waals surface area contributed by atoms with E-state index in [0.29, 0.717) is 0 Å². The van der Waals surface area contributed by atoms with Crippen LogP contribution in [0.2, 0.25) is 0 Å². The van der Waals surface area contributed by atoms with Crippen LogP contribution in [0.5, 0.6) is 5.75 Å². The number of thiazole rings is 2. The van der Waals surface area contributed by atoms with Crippen molar-refractivity contribution in [1.29, 1.82) is 0 Å². The first-order valence-electron chi connectivity index (χ1n) is 8.63. The molecule has 0 bridgehead atoms. The van der Waals surface area contributed by atoms with Crippen molar-refractivity contribution in [3.05, 3.63) is 50.9 Å². The Morgan fingerprint density at radius 1 is 0.926 bits per heavy atom. The van der Waals surface area contributed by atoms with Crippen LogP contribution < -0.4 is 4.74 Å². The molecule has 0 aliphatic carbocycles. The summed E-state index contributed by atoms with van der Waals surface area (Å²) in [5, 5.41) is 6.10. The molecule has 4 rings (SSSR count). The first-order chi connectivity index (χ1) is 13.2. The largest absolute Gasteiger partial charge is 0.494 e. The molecule has 0 N–H and O–H groups in total. The number of hydrogen-bond donors (Lipinski definition) is 0. The Kier molecular flexibility index (Phi) is 6.02. The summed E-state index contributed by atoms with van der Waals surface area (Å²) < 4.78 is 6.85. The van der Waals surface area contributed by atoms with E-state index in [-0.39, 0.29) is 0 Å². The van der Waals surface area contributed by atoms with Gasteiger partial charge in [-0.3, -0.25) is 0 Å². The number of aromatic nitrogens is 2. The Hall–Kier alpha value is -1.54. The van der Waals surface area contributed by atoms with Crippen molar-refractivity contribution in [3.63, 3.8) is 0 Å². The molecule has 0 unspecified atom stereocenters. The highest BCUT2D eigenvalue weighted by atomic mass is 79.9. The number of thiophene rings is 1. The maximum atomic E-state index is 5.73. The molecule has 0 aliphatic heterocycles. The van der Waals surface area contributed by atoms with E-state index in [2.05, 4.69) is 57.9 Å². The molecule has 0 amide bonds. The van der Waals surface area contributed by atoms with Crippen LogP contribution in [0.1, 0.15) is 19.8 Å². The first kappa shape index (κ1) is 18.8. The molecule has 0 fully saturated rings. The average molecular weight is 477 g/mol. The van der Waals surface area contributed by atoms with E-state index in [1.807, 2.05) is 12.1 Å². The molecule has 0 spiro atoms. The fourth-order valence-corrected chi connectivity index (χ4v) is 5.62. The number of halogens is 1. The number of rotatable bonds is 7. The van der Waals surface area contributed by atoms with Crippen molar-refractivity contribution in [2.75, 3.05) is 6.61 Å². The molecule has 27 heavy (non-hydrogen) atoms. The molecular weight excluding hydrogens is 460 g/mol. The molecule has 0 saturated heterocycles. The van der Waals surface area contributed by atoms with E-state index >= 15 is 0 Å². The van der Waals surface area contributed by atoms with Crippen LogP contribution in [0.15, 0.2) is 50.9 Å². The van der Waals surface area contributed by atoms with Crippen LogP contribution in [0.3, 0.4) is 0 Å². The van der Waals surface area contributed by atoms with Gasteiger partial charge in [0.2, 0.25) is 0 Å². The van der Waals surface area contributed by atoms with Gasteiger partial charge in [-0.15, -0.1) is 34.0 Å². The zero-order valence-corrected chi connectivity index (χ0v) is 18.7. The van der Waals surface area contributed by atoms with Crippen LogP contribution in [0.25, 0.3) is 31.8 Å². The van der Waals surface area contributed by atoms with Crippen LogP contribution in [-0.4, -0.2) is 16.6 Å². The number of ether oxygens (including phenoxy) is 1. The fourth-order valence-electron chi connectivity index (χ4n) is 2.50. The molecule has 4 aromatic rings. The normalized spacial score (nSPS) is 11.0. The minimum atomic E-state index is 0.768. The Morgan fingerprint density at radius 3 is 2.30 bits per heavy atom. The summed E-state index contributed by atoms with van der Waals surface area (Å²) in [5.41, 5.74) is 3.08. The van der Waals surface area contributed by atoms with Crippen molar-refractivity contribution in [2.45, 2.75) is 19.8 Å². The van der Waals surface area contributed by atoms with Gasteiger partial charge >= 0.3 is 0 Å². The lowest BCUT2D eigenvalue weighted by molar-refractivity contribution is 0.309. The standard InChI is InChI=1S/C20H17BrN2OS3/c1-2-3-10-24-14-6-4-13(5-7-14)15-11-25-19(22-15)20-23-16(12-26-20)17-8-9-18(21)27-17/h4-9,11-12H,2-3,10H2,1H3. The maximum absolute atomic E-state index is 5.73. The van der Waals surface area contributed by atoms with Gasteiger partial charge < -0.3 is 4.74 Å². The summed E-state index contributed by atoms with van der Waals surface area (Å²) in [6.45, 7) is 2.93. The Balaban J connectivity index is 1.49. The zero-order valence-electron chi connectivity index (χ0n) is 14.6. The SMILES string of the molecule is CCCCOc1ccc(-c2csc(-c3nc(-c4ccc(Br)s4)cs3)n2)cc1. The average Bonchev–Trinajstić information content (AvgIpc) is 3.42. The van der Waals surface area contributed by atoms with Gasteiger partial charge in [0.05, 0.1) is 26.7 Å². The van der Waals surface area contributed by atoms with Gasteiger partial charge in [0.15, 0.2) is 10.0 Å². The third kappa shape index (κ3) is 4.48. The van der Waals surface area contributed by atoms with E-state index in [1.54, 1.807) is 34.0 Å². The second-order valence-electron chi connectivity index (χ2n) is 5.91. The zero-order chi connectivity index (χ0) is 18.6. The molecule has 7 heteroatoms. The van der Waals surface area contributed by atoms with Crippen molar-refractivity contribution < 1.29 is 4.74 Å². The van der Waals surface area contributed by atoms with E-state index < -0.39 is 0 Å². The maximum Gasteiger partial charge on any atom is 0.152 e. The predicted molar refractivity (Wildman–Crippen MR) is 120 cm³/mol. The predicted octanol–water partition coefficient (Wildman–Crippen LogP) is 7.60. The summed E-state index contributed by atoms with van der Waals surface area (Å²) in [7, 11) is 0. The quantitative estimate of drug-likeness (QED) is 0.257. The molecule has 138 valence electrons. The molecule has 3 nitrogen and oxygen atoms in total. The second-order valence-corrected chi connectivity index (χ2v) is 10.1. The minimum absolute atomic E-state index is 0.768. The second kappa shape index (κ2) is 8.65. The van der Waals surface area contributed by atoms with Gasteiger partial charge in [-0.2, -0.15) is 0 Å². The number of nitrogens with zero attached hydrogens (tertiary/aromatic N) is 2. The summed E-state index contributed by atoms with van der Waals surface area (Å²) in [6, 6.07) is 12.3. The molecule has 1 aromatic carbocycles. The topological polar surface area (TPSA) is 35.0 Å². The van der Waals surface area contributed by atoms with Crippen LogP contribution >= 0.6 is 49.9 Å². The molecule has 3 aromatic heterocycles. The highest BCUT2D eigenvalue weighted by Gasteiger charge is 2.12. The fraction of sp³-hybridized carbons (Fsp3) is 0.200. The molecule has 3 heterocycles. The Morgan fingerprint density at radius 2 is 1.63 bits per heavy atom. The van der Waals surface area contributed by atoms with Crippen molar-refractivity contribution in [2.24, 2.45) is 0 Å².